The molecule has 2 aromatic heterocycles. The number of aliphatic hydroxyl groups is 1. The molecule has 0 radical (unpaired) electrons. The van der Waals surface area contributed by atoms with E-state index in [1.807, 2.05) is 47.3 Å². The van der Waals surface area contributed by atoms with Crippen LogP contribution in [0.2, 0.25) is 0 Å². The zero-order chi connectivity index (χ0) is 13.9. The van der Waals surface area contributed by atoms with Crippen LogP contribution in [0.25, 0.3) is 5.69 Å². The van der Waals surface area contributed by atoms with E-state index in [-0.39, 0.29) is 6.61 Å². The lowest BCUT2D eigenvalue weighted by atomic mass is 10.3. The molecule has 0 aliphatic rings. The van der Waals surface area contributed by atoms with E-state index >= 15 is 0 Å². The van der Waals surface area contributed by atoms with Gasteiger partial charge in [0, 0.05) is 17.1 Å². The fraction of sp³-hybridized carbons (Fsp3) is 0.143. The normalized spacial score (nSPS) is 10.9. The van der Waals surface area contributed by atoms with Gasteiger partial charge in [0.15, 0.2) is 4.34 Å². The summed E-state index contributed by atoms with van der Waals surface area (Å²) in [6.45, 7) is 1.89. The summed E-state index contributed by atoms with van der Waals surface area (Å²) in [6.07, 6.45) is 1.78. The molecule has 1 aromatic carbocycles. The van der Waals surface area contributed by atoms with E-state index in [2.05, 4.69) is 10.1 Å². The van der Waals surface area contributed by atoms with Crippen molar-refractivity contribution in [3.05, 3.63) is 53.2 Å². The Labute approximate surface area is 125 Å². The molecular weight excluding hydrogens is 290 g/mol. The van der Waals surface area contributed by atoms with Crippen LogP contribution in [0, 0.1) is 6.92 Å². The monoisotopic (exact) mass is 303 g/mol. The Morgan fingerprint density at radius 1 is 1.30 bits per heavy atom. The highest BCUT2D eigenvalue weighted by atomic mass is 32.2. The first-order valence-corrected chi connectivity index (χ1v) is 7.81. The number of thiazole rings is 1. The van der Waals surface area contributed by atoms with Crippen molar-refractivity contribution < 1.29 is 5.11 Å². The predicted molar refractivity (Wildman–Crippen MR) is 80.5 cm³/mol. The number of aliphatic hydroxyl groups excluding tert-OH is 1. The fourth-order valence-corrected chi connectivity index (χ4v) is 3.72. The van der Waals surface area contributed by atoms with Gasteiger partial charge >= 0.3 is 0 Å². The molecule has 4 nitrogen and oxygen atoms in total. The summed E-state index contributed by atoms with van der Waals surface area (Å²) in [6, 6.07) is 9.92. The number of hydrogen-bond acceptors (Lipinski definition) is 5. The SMILES string of the molecule is Cc1nn(-c2ccccc2)c(Sc2nccs2)c1CO. The van der Waals surface area contributed by atoms with Crippen LogP contribution >= 0.6 is 23.1 Å². The summed E-state index contributed by atoms with van der Waals surface area (Å²) in [5.41, 5.74) is 2.68. The highest BCUT2D eigenvalue weighted by Crippen LogP contribution is 2.34. The Kier molecular flexibility index (Phi) is 3.86. The van der Waals surface area contributed by atoms with Gasteiger partial charge < -0.3 is 5.11 Å². The molecule has 102 valence electrons. The Hall–Kier alpha value is -1.63. The number of rotatable bonds is 4. The van der Waals surface area contributed by atoms with Crippen molar-refractivity contribution in [1.82, 2.24) is 14.8 Å². The minimum Gasteiger partial charge on any atom is -0.392 e. The molecule has 0 aliphatic carbocycles. The van der Waals surface area contributed by atoms with Crippen LogP contribution in [-0.2, 0) is 6.61 Å². The third kappa shape index (κ3) is 2.49. The standard InChI is InChI=1S/C14H13N3OS2/c1-10-12(9-18)13(20-14-15-7-8-19-14)17(16-10)11-5-3-2-4-6-11/h2-8,18H,9H2,1H3. The molecule has 0 saturated heterocycles. The molecular formula is C14H13N3OS2. The molecule has 3 aromatic rings. The topological polar surface area (TPSA) is 50.9 Å². The average molecular weight is 303 g/mol. The summed E-state index contributed by atoms with van der Waals surface area (Å²) < 4.78 is 2.81. The van der Waals surface area contributed by atoms with Crippen LogP contribution in [0.3, 0.4) is 0 Å². The molecule has 6 heteroatoms. The Morgan fingerprint density at radius 2 is 2.10 bits per heavy atom. The van der Waals surface area contributed by atoms with Gasteiger partial charge in [-0.05, 0) is 30.8 Å². The van der Waals surface area contributed by atoms with Crippen molar-refractivity contribution in [1.29, 1.82) is 0 Å². The van der Waals surface area contributed by atoms with E-state index in [1.54, 1.807) is 17.5 Å². The largest absolute Gasteiger partial charge is 0.392 e. The van der Waals surface area contributed by atoms with Crippen LogP contribution in [0.1, 0.15) is 11.3 Å². The number of para-hydroxylation sites is 1. The first-order chi connectivity index (χ1) is 9.79. The Morgan fingerprint density at radius 3 is 2.75 bits per heavy atom. The second kappa shape index (κ2) is 5.78. The van der Waals surface area contributed by atoms with Gasteiger partial charge in [-0.15, -0.1) is 11.3 Å². The second-order valence-corrected chi connectivity index (χ2v) is 6.31. The summed E-state index contributed by atoms with van der Waals surface area (Å²) in [4.78, 5) is 4.29. The number of nitrogens with zero attached hydrogens (tertiary/aromatic N) is 3. The van der Waals surface area contributed by atoms with Crippen LogP contribution in [-0.4, -0.2) is 19.9 Å². The molecule has 0 bridgehead atoms. The fourth-order valence-electron chi connectivity index (χ4n) is 1.91. The average Bonchev–Trinajstić information content (AvgIpc) is 3.08. The van der Waals surface area contributed by atoms with E-state index < -0.39 is 0 Å². The molecule has 0 fully saturated rings. The van der Waals surface area contributed by atoms with Crippen molar-refractivity contribution in [2.45, 2.75) is 22.9 Å². The van der Waals surface area contributed by atoms with Gasteiger partial charge in [0.1, 0.15) is 5.03 Å². The van der Waals surface area contributed by atoms with Crippen molar-refractivity contribution in [2.24, 2.45) is 0 Å². The quantitative estimate of drug-likeness (QED) is 0.803. The van der Waals surface area contributed by atoms with Gasteiger partial charge in [0.25, 0.3) is 0 Å². The first-order valence-electron chi connectivity index (χ1n) is 6.11. The van der Waals surface area contributed by atoms with Crippen molar-refractivity contribution in [3.8, 4) is 5.69 Å². The Bertz CT molecular complexity index is 693. The minimum absolute atomic E-state index is 0.0215. The smallest absolute Gasteiger partial charge is 0.156 e. The maximum Gasteiger partial charge on any atom is 0.156 e. The number of aromatic nitrogens is 3. The van der Waals surface area contributed by atoms with Gasteiger partial charge in [-0.2, -0.15) is 5.10 Å². The molecule has 0 saturated carbocycles. The molecule has 0 spiro atoms. The summed E-state index contributed by atoms with van der Waals surface area (Å²) in [5.74, 6) is 0. The van der Waals surface area contributed by atoms with Gasteiger partial charge in [-0.3, -0.25) is 0 Å². The molecule has 3 rings (SSSR count). The van der Waals surface area contributed by atoms with Crippen molar-refractivity contribution in [3.63, 3.8) is 0 Å². The van der Waals surface area contributed by atoms with E-state index in [9.17, 15) is 5.11 Å². The zero-order valence-electron chi connectivity index (χ0n) is 10.9. The third-order valence-electron chi connectivity index (χ3n) is 2.89. The molecule has 2 heterocycles. The summed E-state index contributed by atoms with van der Waals surface area (Å²) in [5, 5.41) is 17.0. The minimum atomic E-state index is -0.0215. The van der Waals surface area contributed by atoms with E-state index in [0.717, 1.165) is 26.3 Å². The van der Waals surface area contributed by atoms with Crippen molar-refractivity contribution in [2.75, 3.05) is 0 Å². The second-order valence-electron chi connectivity index (χ2n) is 4.17. The van der Waals surface area contributed by atoms with Gasteiger partial charge in [0.2, 0.25) is 0 Å². The van der Waals surface area contributed by atoms with Gasteiger partial charge in [-0.1, -0.05) is 18.2 Å². The van der Waals surface area contributed by atoms with Crippen LogP contribution in [0.5, 0.6) is 0 Å². The van der Waals surface area contributed by atoms with Crippen molar-refractivity contribution >= 4 is 23.1 Å². The number of benzene rings is 1. The lowest BCUT2D eigenvalue weighted by Gasteiger charge is -2.06. The molecule has 0 amide bonds. The molecule has 1 N–H and O–H groups in total. The van der Waals surface area contributed by atoms with Gasteiger partial charge in [0.05, 0.1) is 18.0 Å². The lowest BCUT2D eigenvalue weighted by molar-refractivity contribution is 0.278. The lowest BCUT2D eigenvalue weighted by Crippen LogP contribution is -1.98. The third-order valence-corrected chi connectivity index (χ3v) is 4.89. The highest BCUT2D eigenvalue weighted by molar-refractivity contribution is 8.01. The Balaban J connectivity index is 2.10. The highest BCUT2D eigenvalue weighted by Gasteiger charge is 2.17. The molecule has 0 atom stereocenters. The number of aryl methyl sites for hydroxylation is 1. The van der Waals surface area contributed by atoms with Crippen LogP contribution in [0.15, 0.2) is 51.3 Å². The predicted octanol–water partition coefficient (Wildman–Crippen LogP) is 3.28. The summed E-state index contributed by atoms with van der Waals surface area (Å²) >= 11 is 3.11. The molecule has 0 unspecified atom stereocenters. The van der Waals surface area contributed by atoms with E-state index in [4.69, 9.17) is 0 Å². The maximum atomic E-state index is 9.60. The number of hydrogen-bond donors (Lipinski definition) is 1. The molecule has 0 aliphatic heterocycles. The van der Waals surface area contributed by atoms with Crippen LogP contribution in [0.4, 0.5) is 0 Å². The van der Waals surface area contributed by atoms with E-state index in [0.29, 0.717) is 0 Å². The van der Waals surface area contributed by atoms with E-state index in [1.165, 1.54) is 11.8 Å². The van der Waals surface area contributed by atoms with Crippen LogP contribution < -0.4 is 0 Å². The maximum absolute atomic E-state index is 9.60. The zero-order valence-corrected chi connectivity index (χ0v) is 12.5. The summed E-state index contributed by atoms with van der Waals surface area (Å²) in [7, 11) is 0. The molecule has 20 heavy (non-hydrogen) atoms. The first kappa shape index (κ1) is 13.4. The van der Waals surface area contributed by atoms with Gasteiger partial charge in [-0.25, -0.2) is 9.67 Å².